The zero-order valence-corrected chi connectivity index (χ0v) is 18.6. The van der Waals surface area contributed by atoms with Crippen LogP contribution in [0.1, 0.15) is 26.3 Å². The Hall–Kier alpha value is -2.38. The van der Waals surface area contributed by atoms with Crippen LogP contribution in [0.15, 0.2) is 75.4 Å². The van der Waals surface area contributed by atoms with Crippen LogP contribution >= 0.6 is 11.8 Å². The standard InChI is InChI=1S/C23H23FN2O2S2/c1-22(2)21(25)26-23(3,14-30(22,27)28)18-13-16(11-12-19(18)24)29-20-10-6-8-15-7-4-5-9-17(15)20/h4-13H,14H2,1-3H3,(H2,25,26). The van der Waals surface area contributed by atoms with Crippen LogP contribution in [0, 0.1) is 5.82 Å². The van der Waals surface area contributed by atoms with E-state index >= 15 is 0 Å². The lowest BCUT2D eigenvalue weighted by Gasteiger charge is -2.38. The summed E-state index contributed by atoms with van der Waals surface area (Å²) in [5, 5.41) is 2.22. The molecule has 1 aliphatic heterocycles. The number of hydrogen-bond acceptors (Lipinski definition) is 5. The summed E-state index contributed by atoms with van der Waals surface area (Å²) in [6.07, 6.45) is 0. The van der Waals surface area contributed by atoms with E-state index in [1.54, 1.807) is 19.1 Å². The number of sulfone groups is 1. The summed E-state index contributed by atoms with van der Waals surface area (Å²) >= 11 is 1.51. The molecule has 7 heteroatoms. The molecule has 30 heavy (non-hydrogen) atoms. The van der Waals surface area contributed by atoms with Gasteiger partial charge in [0, 0.05) is 15.4 Å². The summed E-state index contributed by atoms with van der Waals surface area (Å²) in [4.78, 5) is 6.30. The van der Waals surface area contributed by atoms with Crippen molar-refractivity contribution in [2.45, 2.75) is 40.8 Å². The van der Waals surface area contributed by atoms with Crippen LogP contribution in [-0.4, -0.2) is 24.8 Å². The third-order valence-corrected chi connectivity index (χ3v) is 9.50. The molecule has 1 aliphatic rings. The maximum atomic E-state index is 14.8. The number of benzene rings is 3. The van der Waals surface area contributed by atoms with E-state index in [2.05, 4.69) is 4.99 Å². The molecule has 4 nitrogen and oxygen atoms in total. The van der Waals surface area contributed by atoms with E-state index in [1.165, 1.54) is 31.7 Å². The Bertz CT molecular complexity index is 1280. The summed E-state index contributed by atoms with van der Waals surface area (Å²) in [6.45, 7) is 4.69. The highest BCUT2D eigenvalue weighted by Crippen LogP contribution is 2.40. The fourth-order valence-electron chi connectivity index (χ4n) is 3.67. The molecule has 3 aromatic rings. The van der Waals surface area contributed by atoms with Crippen molar-refractivity contribution in [3.8, 4) is 0 Å². The summed E-state index contributed by atoms with van der Waals surface area (Å²) in [5.41, 5.74) is 4.97. The van der Waals surface area contributed by atoms with E-state index in [0.717, 1.165) is 20.6 Å². The normalized spacial score (nSPS) is 22.6. The van der Waals surface area contributed by atoms with Gasteiger partial charge in [-0.25, -0.2) is 12.8 Å². The third kappa shape index (κ3) is 3.40. The average Bonchev–Trinajstić information content (AvgIpc) is 2.68. The van der Waals surface area contributed by atoms with Gasteiger partial charge in [-0.15, -0.1) is 0 Å². The van der Waals surface area contributed by atoms with Crippen LogP contribution in [0.5, 0.6) is 0 Å². The molecule has 156 valence electrons. The molecule has 3 aromatic carbocycles. The van der Waals surface area contributed by atoms with Crippen LogP contribution in [-0.2, 0) is 15.4 Å². The van der Waals surface area contributed by atoms with E-state index in [-0.39, 0.29) is 17.2 Å². The zero-order chi connectivity index (χ0) is 21.7. The summed E-state index contributed by atoms with van der Waals surface area (Å²) < 4.78 is 39.3. The molecule has 0 aromatic heterocycles. The summed E-state index contributed by atoms with van der Waals surface area (Å²) in [7, 11) is -3.61. The van der Waals surface area contributed by atoms with Crippen LogP contribution in [0.3, 0.4) is 0 Å². The van der Waals surface area contributed by atoms with Gasteiger partial charge in [-0.2, -0.15) is 0 Å². The van der Waals surface area contributed by atoms with Gasteiger partial charge in [-0.05, 0) is 55.8 Å². The molecule has 0 saturated heterocycles. The predicted molar refractivity (Wildman–Crippen MR) is 121 cm³/mol. The molecule has 1 unspecified atom stereocenters. The van der Waals surface area contributed by atoms with Crippen molar-refractivity contribution < 1.29 is 12.8 Å². The molecule has 0 aliphatic carbocycles. The highest BCUT2D eigenvalue weighted by Gasteiger charge is 2.49. The van der Waals surface area contributed by atoms with Crippen molar-refractivity contribution in [3.63, 3.8) is 0 Å². The Labute approximate surface area is 180 Å². The van der Waals surface area contributed by atoms with Crippen molar-refractivity contribution in [3.05, 3.63) is 72.0 Å². The molecule has 0 radical (unpaired) electrons. The summed E-state index contributed by atoms with van der Waals surface area (Å²) in [5.74, 6) is -0.790. The van der Waals surface area contributed by atoms with Gasteiger partial charge in [0.05, 0.1) is 5.75 Å². The van der Waals surface area contributed by atoms with Gasteiger partial charge >= 0.3 is 0 Å². The second-order valence-corrected chi connectivity index (χ2v) is 11.9. The number of nitrogens with two attached hydrogens (primary N) is 1. The maximum Gasteiger partial charge on any atom is 0.165 e. The van der Waals surface area contributed by atoms with Crippen LogP contribution < -0.4 is 5.73 Å². The molecule has 0 saturated carbocycles. The van der Waals surface area contributed by atoms with Crippen LogP contribution in [0.25, 0.3) is 10.8 Å². The number of halogens is 1. The molecule has 0 spiro atoms. The number of hydrogen-bond donors (Lipinski definition) is 1. The number of amidine groups is 1. The largest absolute Gasteiger partial charge is 0.386 e. The van der Waals surface area contributed by atoms with Crippen LogP contribution in [0.4, 0.5) is 4.39 Å². The van der Waals surface area contributed by atoms with Gasteiger partial charge in [-0.1, -0.05) is 48.2 Å². The Morgan fingerprint density at radius 2 is 1.73 bits per heavy atom. The van der Waals surface area contributed by atoms with Gasteiger partial charge in [0.2, 0.25) is 0 Å². The average molecular weight is 443 g/mol. The van der Waals surface area contributed by atoms with Crippen LogP contribution in [0.2, 0.25) is 0 Å². The third-order valence-electron chi connectivity index (χ3n) is 5.73. The van der Waals surface area contributed by atoms with E-state index in [9.17, 15) is 12.8 Å². The molecule has 0 amide bonds. The lowest BCUT2D eigenvalue weighted by atomic mass is 9.93. The van der Waals surface area contributed by atoms with Crippen molar-refractivity contribution in [2.75, 3.05) is 5.75 Å². The van der Waals surface area contributed by atoms with Gasteiger partial charge in [0.15, 0.2) is 9.84 Å². The molecule has 0 bridgehead atoms. The quantitative estimate of drug-likeness (QED) is 0.626. The number of aliphatic imine (C=N–C) groups is 1. The Balaban J connectivity index is 1.79. The van der Waals surface area contributed by atoms with Crippen molar-refractivity contribution in [1.29, 1.82) is 0 Å². The fourth-order valence-corrected chi connectivity index (χ4v) is 6.37. The molecule has 1 atom stereocenters. The predicted octanol–water partition coefficient (Wildman–Crippen LogP) is 4.91. The molecule has 4 rings (SSSR count). The minimum absolute atomic E-state index is 0.00256. The van der Waals surface area contributed by atoms with Gasteiger partial charge in [-0.3, -0.25) is 4.99 Å². The molecule has 2 N–H and O–H groups in total. The van der Waals surface area contributed by atoms with Gasteiger partial charge in [0.25, 0.3) is 0 Å². The highest BCUT2D eigenvalue weighted by atomic mass is 32.2. The van der Waals surface area contributed by atoms with Gasteiger partial charge < -0.3 is 5.73 Å². The second kappa shape index (κ2) is 7.10. The highest BCUT2D eigenvalue weighted by molar-refractivity contribution is 7.99. The van der Waals surface area contributed by atoms with E-state index in [1.807, 2.05) is 42.5 Å². The van der Waals surface area contributed by atoms with Gasteiger partial charge in [0.1, 0.15) is 21.9 Å². The Morgan fingerprint density at radius 1 is 1.03 bits per heavy atom. The van der Waals surface area contributed by atoms with Crippen molar-refractivity contribution in [1.82, 2.24) is 0 Å². The number of rotatable bonds is 3. The van der Waals surface area contributed by atoms with Crippen molar-refractivity contribution in [2.24, 2.45) is 10.7 Å². The van der Waals surface area contributed by atoms with E-state index < -0.39 is 25.9 Å². The van der Waals surface area contributed by atoms with Crippen molar-refractivity contribution >= 4 is 38.2 Å². The Kier molecular flexibility index (Phi) is 4.94. The minimum Gasteiger partial charge on any atom is -0.386 e. The summed E-state index contributed by atoms with van der Waals surface area (Å²) in [6, 6.07) is 18.9. The Morgan fingerprint density at radius 3 is 2.47 bits per heavy atom. The molecule has 0 fully saturated rings. The molecule has 1 heterocycles. The minimum atomic E-state index is -3.61. The first-order valence-corrected chi connectivity index (χ1v) is 12.0. The smallest absolute Gasteiger partial charge is 0.165 e. The first-order valence-electron chi connectivity index (χ1n) is 9.57. The fraction of sp³-hybridized carbons (Fsp3) is 0.261. The monoisotopic (exact) mass is 442 g/mol. The first kappa shape index (κ1) is 20.9. The molecular weight excluding hydrogens is 419 g/mol. The zero-order valence-electron chi connectivity index (χ0n) is 17.0. The topological polar surface area (TPSA) is 72.5 Å². The van der Waals surface area contributed by atoms with E-state index in [4.69, 9.17) is 5.73 Å². The first-order chi connectivity index (χ1) is 14.0. The maximum absolute atomic E-state index is 14.8. The SMILES string of the molecule is CC1(c2cc(Sc3cccc4ccccc34)ccc2F)CS(=O)(=O)C(C)(C)C(N)=N1. The molecular formula is C23H23FN2O2S2. The lowest BCUT2D eigenvalue weighted by Crippen LogP contribution is -2.54. The lowest BCUT2D eigenvalue weighted by molar-refractivity contribution is 0.474. The number of nitrogens with zero attached hydrogens (tertiary/aromatic N) is 1. The number of fused-ring (bicyclic) bond motifs is 1. The second-order valence-electron chi connectivity index (χ2n) is 8.26. The van der Waals surface area contributed by atoms with E-state index in [0.29, 0.717) is 0 Å².